The van der Waals surface area contributed by atoms with Crippen LogP contribution in [0.25, 0.3) is 0 Å². The summed E-state index contributed by atoms with van der Waals surface area (Å²) in [7, 11) is -3.97. The van der Waals surface area contributed by atoms with Crippen LogP contribution in [0, 0.1) is 19.8 Å². The van der Waals surface area contributed by atoms with Gasteiger partial charge in [0.05, 0.1) is 4.90 Å². The van der Waals surface area contributed by atoms with Gasteiger partial charge < -0.3 is 10.4 Å². The third kappa shape index (κ3) is 5.04. The summed E-state index contributed by atoms with van der Waals surface area (Å²) in [5, 5.41) is 16.7. The molecule has 0 aromatic heterocycles. The lowest BCUT2D eigenvalue weighted by Crippen LogP contribution is -2.41. The molecule has 23 heavy (non-hydrogen) atoms. The monoisotopic (exact) mass is 342 g/mol. The second-order valence-electron chi connectivity index (χ2n) is 5.96. The number of rotatable bonds is 6. The number of benzene rings is 1. The molecule has 1 amide bonds. The van der Waals surface area contributed by atoms with Crippen molar-refractivity contribution in [1.82, 2.24) is 5.32 Å². The summed E-state index contributed by atoms with van der Waals surface area (Å²) < 4.78 is 23.2. The Bertz CT molecular complexity index is 726. The molecule has 1 atom stereocenters. The number of nitrogens with one attached hydrogen (secondary N) is 1. The van der Waals surface area contributed by atoms with Crippen molar-refractivity contribution in [3.05, 3.63) is 28.8 Å². The number of primary sulfonamides is 1. The zero-order valence-corrected chi connectivity index (χ0v) is 14.4. The average molecular weight is 342 g/mol. The number of aliphatic carboxylic acids is 1. The largest absolute Gasteiger partial charge is 0.480 e. The molecule has 0 saturated heterocycles. The van der Waals surface area contributed by atoms with E-state index in [0.29, 0.717) is 11.1 Å². The molecule has 1 rings (SSSR count). The molecule has 1 aromatic carbocycles. The molecular weight excluding hydrogens is 320 g/mol. The summed E-state index contributed by atoms with van der Waals surface area (Å²) in [6, 6.07) is 1.64. The van der Waals surface area contributed by atoms with E-state index in [4.69, 9.17) is 10.2 Å². The third-order valence-corrected chi connectivity index (χ3v) is 4.54. The Morgan fingerprint density at radius 1 is 1.26 bits per heavy atom. The van der Waals surface area contributed by atoms with Gasteiger partial charge in [0.15, 0.2) is 0 Å². The second-order valence-corrected chi connectivity index (χ2v) is 7.48. The van der Waals surface area contributed by atoms with E-state index in [2.05, 4.69) is 5.32 Å². The van der Waals surface area contributed by atoms with Crippen molar-refractivity contribution in [3.8, 4) is 0 Å². The predicted octanol–water partition coefficient (Wildman–Crippen LogP) is 1.18. The Labute approximate surface area is 135 Å². The van der Waals surface area contributed by atoms with E-state index in [9.17, 15) is 18.0 Å². The van der Waals surface area contributed by atoms with Gasteiger partial charge in [-0.2, -0.15) is 0 Å². The summed E-state index contributed by atoms with van der Waals surface area (Å²) in [4.78, 5) is 23.4. The smallest absolute Gasteiger partial charge is 0.326 e. The minimum atomic E-state index is -3.97. The van der Waals surface area contributed by atoms with E-state index in [-0.39, 0.29) is 22.8 Å². The number of carbonyl (C=O) groups is 2. The first-order valence-electron chi connectivity index (χ1n) is 7.11. The summed E-state index contributed by atoms with van der Waals surface area (Å²) in [6.07, 6.45) is 0.272. The first-order valence-corrected chi connectivity index (χ1v) is 8.65. The van der Waals surface area contributed by atoms with Crippen LogP contribution in [0.4, 0.5) is 0 Å². The fourth-order valence-corrected chi connectivity index (χ4v) is 3.07. The van der Waals surface area contributed by atoms with Crippen LogP contribution >= 0.6 is 0 Å². The second kappa shape index (κ2) is 7.10. The molecule has 0 unspecified atom stereocenters. The minimum absolute atomic E-state index is 0.0622. The number of carbonyl (C=O) groups excluding carboxylic acids is 1. The maximum absolute atomic E-state index is 12.3. The lowest BCUT2D eigenvalue weighted by atomic mass is 10.0. The highest BCUT2D eigenvalue weighted by atomic mass is 32.2. The van der Waals surface area contributed by atoms with Crippen LogP contribution in [-0.2, 0) is 14.8 Å². The number of hydrogen-bond donors (Lipinski definition) is 3. The Balaban J connectivity index is 3.18. The number of sulfonamides is 1. The number of hydrogen-bond acceptors (Lipinski definition) is 4. The van der Waals surface area contributed by atoms with Gasteiger partial charge in [-0.3, -0.25) is 4.79 Å². The van der Waals surface area contributed by atoms with Crippen LogP contribution < -0.4 is 10.5 Å². The Morgan fingerprint density at radius 3 is 2.26 bits per heavy atom. The molecule has 0 aliphatic carbocycles. The molecule has 0 aliphatic heterocycles. The molecule has 0 bridgehead atoms. The quantitative estimate of drug-likeness (QED) is 0.715. The van der Waals surface area contributed by atoms with Gasteiger partial charge >= 0.3 is 5.97 Å². The summed E-state index contributed by atoms with van der Waals surface area (Å²) >= 11 is 0. The number of carboxylic acid groups (broad SMARTS) is 1. The van der Waals surface area contributed by atoms with Crippen molar-refractivity contribution in [2.24, 2.45) is 11.1 Å². The average Bonchev–Trinajstić information content (AvgIpc) is 2.38. The molecule has 0 saturated carbocycles. The fraction of sp³-hybridized carbons (Fsp3) is 0.467. The molecule has 8 heteroatoms. The molecule has 0 aliphatic rings. The van der Waals surface area contributed by atoms with Crippen molar-refractivity contribution in [1.29, 1.82) is 0 Å². The van der Waals surface area contributed by atoms with Crippen molar-refractivity contribution in [2.45, 2.75) is 45.1 Å². The lowest BCUT2D eigenvalue weighted by Gasteiger charge is -2.17. The van der Waals surface area contributed by atoms with Gasteiger partial charge in [-0.25, -0.2) is 18.4 Å². The van der Waals surface area contributed by atoms with Crippen molar-refractivity contribution >= 4 is 21.9 Å². The number of nitrogens with two attached hydrogens (primary N) is 1. The van der Waals surface area contributed by atoms with Crippen LogP contribution in [0.15, 0.2) is 17.0 Å². The van der Waals surface area contributed by atoms with Crippen LogP contribution in [0.2, 0.25) is 0 Å². The first kappa shape index (κ1) is 19.1. The maximum atomic E-state index is 12.3. The van der Waals surface area contributed by atoms with E-state index in [1.165, 1.54) is 12.1 Å². The van der Waals surface area contributed by atoms with Crippen LogP contribution in [0.3, 0.4) is 0 Å². The van der Waals surface area contributed by atoms with Gasteiger partial charge in [-0.1, -0.05) is 13.8 Å². The molecule has 0 heterocycles. The molecule has 0 spiro atoms. The molecule has 4 N–H and O–H groups in total. The Morgan fingerprint density at radius 2 is 1.83 bits per heavy atom. The zero-order chi connectivity index (χ0) is 17.9. The van der Waals surface area contributed by atoms with Gasteiger partial charge in [-0.05, 0) is 49.4 Å². The zero-order valence-electron chi connectivity index (χ0n) is 13.6. The lowest BCUT2D eigenvalue weighted by molar-refractivity contribution is -0.139. The Kier molecular flexibility index (Phi) is 5.90. The highest BCUT2D eigenvalue weighted by Gasteiger charge is 2.23. The highest BCUT2D eigenvalue weighted by Crippen LogP contribution is 2.20. The third-order valence-electron chi connectivity index (χ3n) is 3.50. The van der Waals surface area contributed by atoms with Crippen molar-refractivity contribution < 1.29 is 23.1 Å². The van der Waals surface area contributed by atoms with Crippen LogP contribution in [0.1, 0.15) is 41.8 Å². The minimum Gasteiger partial charge on any atom is -0.480 e. The molecule has 1 aromatic rings. The molecule has 7 nitrogen and oxygen atoms in total. The van der Waals surface area contributed by atoms with Gasteiger partial charge in [0, 0.05) is 5.56 Å². The maximum Gasteiger partial charge on any atom is 0.326 e. The normalized spacial score (nSPS) is 13.0. The Hall–Kier alpha value is -1.93. The van der Waals surface area contributed by atoms with E-state index in [1.807, 2.05) is 13.8 Å². The van der Waals surface area contributed by atoms with E-state index >= 15 is 0 Å². The van der Waals surface area contributed by atoms with Crippen molar-refractivity contribution in [2.75, 3.05) is 0 Å². The summed E-state index contributed by atoms with van der Waals surface area (Å²) in [6.45, 7) is 6.94. The van der Waals surface area contributed by atoms with E-state index in [1.54, 1.807) is 13.8 Å². The van der Waals surface area contributed by atoms with Gasteiger partial charge in [-0.15, -0.1) is 0 Å². The summed E-state index contributed by atoms with van der Waals surface area (Å²) in [5.41, 5.74) is 1.10. The molecular formula is C15H22N2O5S. The number of amides is 1. The molecule has 0 radical (unpaired) electrons. The van der Waals surface area contributed by atoms with E-state index < -0.39 is 27.9 Å². The van der Waals surface area contributed by atoms with Crippen molar-refractivity contribution in [3.63, 3.8) is 0 Å². The predicted molar refractivity (Wildman–Crippen MR) is 85.6 cm³/mol. The molecule has 0 fully saturated rings. The van der Waals surface area contributed by atoms with Gasteiger partial charge in [0.2, 0.25) is 10.0 Å². The van der Waals surface area contributed by atoms with Crippen LogP contribution in [-0.4, -0.2) is 31.4 Å². The fourth-order valence-electron chi connectivity index (χ4n) is 2.19. The SMILES string of the molecule is Cc1cc(C(=O)N[C@H](CC(C)C)C(=O)O)cc(S(N)(=O)=O)c1C. The standard InChI is InChI=1S/C15H22N2O5S/c1-8(2)5-12(15(19)20)17-14(18)11-6-9(3)10(4)13(7-11)23(16,21)22/h6-8,12H,5H2,1-4H3,(H,17,18)(H,19,20)(H2,16,21,22)/t12-/m1/s1. The van der Waals surface area contributed by atoms with E-state index in [0.717, 1.165) is 0 Å². The molecule has 128 valence electrons. The number of carboxylic acids is 1. The van der Waals surface area contributed by atoms with Gasteiger partial charge in [0.25, 0.3) is 5.91 Å². The topological polar surface area (TPSA) is 127 Å². The highest BCUT2D eigenvalue weighted by molar-refractivity contribution is 7.89. The van der Waals surface area contributed by atoms with Crippen LogP contribution in [0.5, 0.6) is 0 Å². The van der Waals surface area contributed by atoms with Gasteiger partial charge in [0.1, 0.15) is 6.04 Å². The summed E-state index contributed by atoms with van der Waals surface area (Å²) in [5.74, 6) is -1.70. The number of aryl methyl sites for hydroxylation is 1. The first-order chi connectivity index (χ1) is 10.4.